The summed E-state index contributed by atoms with van der Waals surface area (Å²) in [6.45, 7) is 2.97. The summed E-state index contributed by atoms with van der Waals surface area (Å²) >= 11 is 0. The quantitative estimate of drug-likeness (QED) is 0.894. The van der Waals surface area contributed by atoms with Crippen LogP contribution in [-0.4, -0.2) is 39.4 Å². The maximum Gasteiger partial charge on any atom is 0.274 e. The molecule has 0 bridgehead atoms. The van der Waals surface area contributed by atoms with Crippen molar-refractivity contribution >= 4 is 11.7 Å². The zero-order valence-electron chi connectivity index (χ0n) is 11.6. The van der Waals surface area contributed by atoms with Crippen LogP contribution in [-0.2, 0) is 6.54 Å². The first-order chi connectivity index (χ1) is 9.74. The van der Waals surface area contributed by atoms with Crippen molar-refractivity contribution in [2.45, 2.75) is 13.5 Å². The summed E-state index contributed by atoms with van der Waals surface area (Å²) < 4.78 is 0. The predicted octanol–water partition coefficient (Wildman–Crippen LogP) is 1.58. The van der Waals surface area contributed by atoms with Crippen LogP contribution in [0.5, 0.6) is 0 Å². The molecule has 104 valence electrons. The van der Waals surface area contributed by atoms with Gasteiger partial charge in [0.2, 0.25) is 0 Å². The standard InChI is InChI=1S/C14H17N5O/c1-3-19(10-11-6-4-5-7-17-11)14(20)12-8-16-9-13(15-2)18-12/h4-9H,3,10H2,1-2H3,(H,15,18). The van der Waals surface area contributed by atoms with Crippen LogP contribution in [0.25, 0.3) is 0 Å². The highest BCUT2D eigenvalue weighted by molar-refractivity contribution is 5.92. The molecule has 0 fully saturated rings. The lowest BCUT2D eigenvalue weighted by atomic mass is 10.3. The van der Waals surface area contributed by atoms with Gasteiger partial charge in [-0.25, -0.2) is 4.98 Å². The van der Waals surface area contributed by atoms with Crippen molar-refractivity contribution in [3.63, 3.8) is 0 Å². The fourth-order valence-electron chi connectivity index (χ4n) is 1.77. The second-order valence-electron chi connectivity index (χ2n) is 4.18. The molecule has 0 radical (unpaired) electrons. The molecule has 6 heteroatoms. The fraction of sp³-hybridized carbons (Fsp3) is 0.286. The zero-order valence-corrected chi connectivity index (χ0v) is 11.6. The molecule has 2 aromatic heterocycles. The molecule has 2 aromatic rings. The van der Waals surface area contributed by atoms with E-state index < -0.39 is 0 Å². The van der Waals surface area contributed by atoms with E-state index in [0.717, 1.165) is 5.69 Å². The summed E-state index contributed by atoms with van der Waals surface area (Å²) in [4.78, 5) is 26.6. The van der Waals surface area contributed by atoms with Crippen molar-refractivity contribution in [1.29, 1.82) is 0 Å². The number of rotatable bonds is 5. The molecule has 1 N–H and O–H groups in total. The maximum absolute atomic E-state index is 12.4. The third-order valence-corrected chi connectivity index (χ3v) is 2.86. The molecule has 6 nitrogen and oxygen atoms in total. The van der Waals surface area contributed by atoms with Gasteiger partial charge in [-0.1, -0.05) is 6.07 Å². The summed E-state index contributed by atoms with van der Waals surface area (Å²) in [5.41, 5.74) is 1.18. The van der Waals surface area contributed by atoms with Gasteiger partial charge in [0.15, 0.2) is 0 Å². The average molecular weight is 271 g/mol. The van der Waals surface area contributed by atoms with E-state index in [9.17, 15) is 4.79 Å². The topological polar surface area (TPSA) is 71.0 Å². The molecule has 20 heavy (non-hydrogen) atoms. The van der Waals surface area contributed by atoms with Gasteiger partial charge in [-0.15, -0.1) is 0 Å². The monoisotopic (exact) mass is 271 g/mol. The highest BCUT2D eigenvalue weighted by Crippen LogP contribution is 2.08. The van der Waals surface area contributed by atoms with E-state index >= 15 is 0 Å². The molecule has 0 aliphatic heterocycles. The Balaban J connectivity index is 2.16. The minimum atomic E-state index is -0.150. The normalized spacial score (nSPS) is 10.1. The summed E-state index contributed by atoms with van der Waals surface area (Å²) in [5, 5.41) is 2.87. The van der Waals surface area contributed by atoms with Crippen molar-refractivity contribution in [2.75, 3.05) is 18.9 Å². The number of aromatic nitrogens is 3. The third-order valence-electron chi connectivity index (χ3n) is 2.86. The number of carbonyl (C=O) groups excluding carboxylic acids is 1. The van der Waals surface area contributed by atoms with Gasteiger partial charge in [-0.05, 0) is 19.1 Å². The van der Waals surface area contributed by atoms with Crippen molar-refractivity contribution in [1.82, 2.24) is 19.9 Å². The predicted molar refractivity (Wildman–Crippen MR) is 76.2 cm³/mol. The van der Waals surface area contributed by atoms with Gasteiger partial charge in [0.1, 0.15) is 11.5 Å². The van der Waals surface area contributed by atoms with Gasteiger partial charge >= 0.3 is 0 Å². The van der Waals surface area contributed by atoms with Crippen LogP contribution in [0.1, 0.15) is 23.1 Å². The largest absolute Gasteiger partial charge is 0.372 e. The van der Waals surface area contributed by atoms with Gasteiger partial charge in [-0.3, -0.25) is 14.8 Å². The highest BCUT2D eigenvalue weighted by atomic mass is 16.2. The third kappa shape index (κ3) is 3.28. The summed E-state index contributed by atoms with van der Waals surface area (Å²) in [6, 6.07) is 5.65. The van der Waals surface area contributed by atoms with E-state index in [0.29, 0.717) is 24.6 Å². The van der Waals surface area contributed by atoms with Crippen molar-refractivity contribution in [3.05, 3.63) is 48.2 Å². The summed E-state index contributed by atoms with van der Waals surface area (Å²) in [6.07, 6.45) is 4.77. The Bertz CT molecular complexity index is 573. The molecule has 0 unspecified atom stereocenters. The molecule has 0 atom stereocenters. The van der Waals surface area contributed by atoms with Gasteiger partial charge in [-0.2, -0.15) is 0 Å². The smallest absolute Gasteiger partial charge is 0.274 e. The van der Waals surface area contributed by atoms with Crippen LogP contribution in [0.3, 0.4) is 0 Å². The van der Waals surface area contributed by atoms with E-state index in [1.54, 1.807) is 24.3 Å². The minimum Gasteiger partial charge on any atom is -0.372 e. The van der Waals surface area contributed by atoms with E-state index in [2.05, 4.69) is 20.3 Å². The second kappa shape index (κ2) is 6.60. The van der Waals surface area contributed by atoms with Gasteiger partial charge in [0.05, 0.1) is 24.6 Å². The summed E-state index contributed by atoms with van der Waals surface area (Å²) in [5.74, 6) is 0.424. The number of nitrogens with one attached hydrogen (secondary N) is 1. The highest BCUT2D eigenvalue weighted by Gasteiger charge is 2.17. The molecule has 0 aliphatic carbocycles. The number of nitrogens with zero attached hydrogens (tertiary/aromatic N) is 4. The Hall–Kier alpha value is -2.50. The van der Waals surface area contributed by atoms with Crippen LogP contribution in [0.2, 0.25) is 0 Å². The first kappa shape index (κ1) is 13.9. The second-order valence-corrected chi connectivity index (χ2v) is 4.18. The Labute approximate surface area is 117 Å². The van der Waals surface area contributed by atoms with E-state index in [1.807, 2.05) is 25.1 Å². The van der Waals surface area contributed by atoms with E-state index in [-0.39, 0.29) is 5.91 Å². The van der Waals surface area contributed by atoms with Crippen LogP contribution >= 0.6 is 0 Å². The zero-order chi connectivity index (χ0) is 14.4. The molecule has 2 rings (SSSR count). The minimum absolute atomic E-state index is 0.150. The molecule has 1 amide bonds. The Morgan fingerprint density at radius 3 is 2.85 bits per heavy atom. The van der Waals surface area contributed by atoms with Crippen LogP contribution in [0.4, 0.5) is 5.82 Å². The molecule has 0 saturated carbocycles. The van der Waals surface area contributed by atoms with Gasteiger partial charge < -0.3 is 10.2 Å². The van der Waals surface area contributed by atoms with Crippen LogP contribution in [0, 0.1) is 0 Å². The molecule has 0 saturated heterocycles. The fourth-order valence-corrected chi connectivity index (χ4v) is 1.77. The number of pyridine rings is 1. The van der Waals surface area contributed by atoms with Crippen molar-refractivity contribution < 1.29 is 4.79 Å². The average Bonchev–Trinajstić information content (AvgIpc) is 2.53. The summed E-state index contributed by atoms with van der Waals surface area (Å²) in [7, 11) is 1.74. The first-order valence-corrected chi connectivity index (χ1v) is 6.43. The van der Waals surface area contributed by atoms with Crippen molar-refractivity contribution in [3.8, 4) is 0 Å². The molecular weight excluding hydrogens is 254 g/mol. The number of amides is 1. The van der Waals surface area contributed by atoms with Gasteiger partial charge in [0, 0.05) is 19.8 Å². The maximum atomic E-state index is 12.4. The Morgan fingerprint density at radius 1 is 1.35 bits per heavy atom. The number of anilines is 1. The van der Waals surface area contributed by atoms with Crippen molar-refractivity contribution in [2.24, 2.45) is 0 Å². The lowest BCUT2D eigenvalue weighted by Crippen LogP contribution is -2.31. The molecular formula is C14H17N5O. The number of hydrogen-bond acceptors (Lipinski definition) is 5. The lowest BCUT2D eigenvalue weighted by Gasteiger charge is -2.20. The van der Waals surface area contributed by atoms with Crippen LogP contribution in [0.15, 0.2) is 36.8 Å². The molecule has 0 aromatic carbocycles. The van der Waals surface area contributed by atoms with E-state index in [1.165, 1.54) is 6.20 Å². The lowest BCUT2D eigenvalue weighted by molar-refractivity contribution is 0.0744. The molecule has 0 spiro atoms. The first-order valence-electron chi connectivity index (χ1n) is 6.43. The molecule has 2 heterocycles. The van der Waals surface area contributed by atoms with Crippen LogP contribution < -0.4 is 5.32 Å². The Kier molecular flexibility index (Phi) is 4.60. The van der Waals surface area contributed by atoms with Gasteiger partial charge in [0.25, 0.3) is 5.91 Å². The van der Waals surface area contributed by atoms with E-state index in [4.69, 9.17) is 0 Å². The SMILES string of the molecule is CCN(Cc1ccccn1)C(=O)c1cncc(NC)n1. The Morgan fingerprint density at radius 2 is 2.20 bits per heavy atom. The number of carbonyl (C=O) groups is 1. The number of hydrogen-bond donors (Lipinski definition) is 1. The molecule has 0 aliphatic rings.